The van der Waals surface area contributed by atoms with Crippen LogP contribution >= 0.6 is 23.8 Å². The van der Waals surface area contributed by atoms with Crippen molar-refractivity contribution in [1.82, 2.24) is 4.98 Å². The van der Waals surface area contributed by atoms with Gasteiger partial charge in [-0.1, -0.05) is 35.9 Å². The predicted molar refractivity (Wildman–Crippen MR) is 131 cm³/mol. The van der Waals surface area contributed by atoms with Crippen molar-refractivity contribution in [2.24, 2.45) is 0 Å². The van der Waals surface area contributed by atoms with Crippen LogP contribution in [0.15, 0.2) is 79.1 Å². The SMILES string of the molecule is O=C(O)CCCC=C(c1cccnc1)c1cccc(NC(=S)Nc2ccc(Cl)cc2)c1. The van der Waals surface area contributed by atoms with Gasteiger partial charge in [-0.3, -0.25) is 9.78 Å². The molecule has 7 heteroatoms. The van der Waals surface area contributed by atoms with Gasteiger partial charge in [-0.2, -0.15) is 0 Å². The van der Waals surface area contributed by atoms with E-state index in [1.165, 1.54) is 0 Å². The largest absolute Gasteiger partial charge is 0.481 e. The molecule has 3 rings (SSSR count). The molecule has 0 unspecified atom stereocenters. The van der Waals surface area contributed by atoms with Crippen molar-refractivity contribution in [2.75, 3.05) is 10.6 Å². The number of nitrogens with one attached hydrogen (secondary N) is 2. The van der Waals surface area contributed by atoms with Crippen LogP contribution in [-0.2, 0) is 4.79 Å². The van der Waals surface area contributed by atoms with E-state index >= 15 is 0 Å². The molecule has 0 aliphatic rings. The number of aliphatic carboxylic acids is 1. The first-order chi connectivity index (χ1) is 15.0. The van der Waals surface area contributed by atoms with Crippen LogP contribution in [0.4, 0.5) is 11.4 Å². The summed E-state index contributed by atoms with van der Waals surface area (Å²) in [4.78, 5) is 15.0. The van der Waals surface area contributed by atoms with Crippen LogP contribution in [-0.4, -0.2) is 21.2 Å². The van der Waals surface area contributed by atoms with E-state index in [4.69, 9.17) is 28.9 Å². The van der Waals surface area contributed by atoms with Crippen molar-refractivity contribution in [3.05, 3.63) is 95.3 Å². The molecule has 2 aromatic carbocycles. The molecule has 158 valence electrons. The summed E-state index contributed by atoms with van der Waals surface area (Å²) in [5.41, 5.74) is 4.63. The zero-order valence-electron chi connectivity index (χ0n) is 16.7. The number of unbranched alkanes of at least 4 members (excludes halogenated alkanes) is 1. The molecule has 0 aliphatic carbocycles. The lowest BCUT2D eigenvalue weighted by molar-refractivity contribution is -0.137. The zero-order valence-corrected chi connectivity index (χ0v) is 18.3. The zero-order chi connectivity index (χ0) is 22.1. The van der Waals surface area contributed by atoms with Crippen LogP contribution in [0.5, 0.6) is 0 Å². The molecule has 0 spiro atoms. The number of nitrogens with zero attached hydrogens (tertiary/aromatic N) is 1. The quantitative estimate of drug-likeness (QED) is 0.278. The molecule has 1 aromatic heterocycles. The third-order valence-electron chi connectivity index (χ3n) is 4.45. The third-order valence-corrected chi connectivity index (χ3v) is 4.91. The van der Waals surface area contributed by atoms with E-state index in [0.717, 1.165) is 28.1 Å². The Morgan fingerprint density at radius 2 is 1.77 bits per heavy atom. The van der Waals surface area contributed by atoms with Gasteiger partial charge in [0.25, 0.3) is 0 Å². The molecule has 0 saturated carbocycles. The summed E-state index contributed by atoms with van der Waals surface area (Å²) in [7, 11) is 0. The van der Waals surface area contributed by atoms with Gasteiger partial charge in [-0.15, -0.1) is 0 Å². The highest BCUT2D eigenvalue weighted by Gasteiger charge is 2.08. The van der Waals surface area contributed by atoms with Crippen molar-refractivity contribution in [1.29, 1.82) is 0 Å². The fourth-order valence-corrected chi connectivity index (χ4v) is 3.38. The molecular weight excluding hydrogens is 430 g/mol. The Morgan fingerprint density at radius 3 is 2.48 bits per heavy atom. The first-order valence-corrected chi connectivity index (χ1v) is 10.6. The van der Waals surface area contributed by atoms with E-state index < -0.39 is 5.97 Å². The number of carboxylic acids is 1. The molecule has 0 atom stereocenters. The Morgan fingerprint density at radius 1 is 1.03 bits per heavy atom. The molecule has 0 saturated heterocycles. The summed E-state index contributed by atoms with van der Waals surface area (Å²) in [6.45, 7) is 0. The van der Waals surface area contributed by atoms with Crippen LogP contribution in [0, 0.1) is 0 Å². The van der Waals surface area contributed by atoms with Crippen LogP contribution in [0.2, 0.25) is 5.02 Å². The first-order valence-electron chi connectivity index (χ1n) is 9.77. The van der Waals surface area contributed by atoms with Crippen molar-refractivity contribution >= 4 is 51.8 Å². The number of carbonyl (C=O) groups is 1. The van der Waals surface area contributed by atoms with Gasteiger partial charge in [-0.05, 0) is 78.7 Å². The molecule has 3 N–H and O–H groups in total. The van der Waals surface area contributed by atoms with Crippen molar-refractivity contribution < 1.29 is 9.90 Å². The van der Waals surface area contributed by atoms with E-state index in [-0.39, 0.29) is 6.42 Å². The van der Waals surface area contributed by atoms with Gasteiger partial charge >= 0.3 is 5.97 Å². The van der Waals surface area contributed by atoms with Crippen LogP contribution in [0.1, 0.15) is 30.4 Å². The van der Waals surface area contributed by atoms with Crippen LogP contribution in [0.3, 0.4) is 0 Å². The smallest absolute Gasteiger partial charge is 0.303 e. The van der Waals surface area contributed by atoms with Crippen molar-refractivity contribution in [3.63, 3.8) is 0 Å². The Labute approximate surface area is 191 Å². The lowest BCUT2D eigenvalue weighted by Crippen LogP contribution is -2.19. The fourth-order valence-electron chi connectivity index (χ4n) is 3.02. The Balaban J connectivity index is 1.76. The highest BCUT2D eigenvalue weighted by molar-refractivity contribution is 7.80. The van der Waals surface area contributed by atoms with E-state index in [2.05, 4.69) is 21.7 Å². The maximum absolute atomic E-state index is 10.8. The minimum absolute atomic E-state index is 0.142. The summed E-state index contributed by atoms with van der Waals surface area (Å²) in [6.07, 6.45) is 6.96. The number of aromatic nitrogens is 1. The van der Waals surface area contributed by atoms with E-state index in [0.29, 0.717) is 23.0 Å². The number of pyridine rings is 1. The second-order valence-electron chi connectivity index (χ2n) is 6.81. The molecule has 0 bridgehead atoms. The lowest BCUT2D eigenvalue weighted by atomic mass is 9.97. The van der Waals surface area contributed by atoms with Crippen molar-refractivity contribution in [3.8, 4) is 0 Å². The molecule has 0 amide bonds. The summed E-state index contributed by atoms with van der Waals surface area (Å²) >= 11 is 11.3. The van der Waals surface area contributed by atoms with Gasteiger partial charge < -0.3 is 15.7 Å². The Hall–Kier alpha value is -3.22. The fraction of sp³-hybridized carbons (Fsp3) is 0.125. The maximum Gasteiger partial charge on any atom is 0.303 e. The number of hydrogen-bond donors (Lipinski definition) is 3. The van der Waals surface area contributed by atoms with E-state index in [1.54, 1.807) is 24.5 Å². The normalized spacial score (nSPS) is 11.1. The second kappa shape index (κ2) is 11.2. The molecule has 5 nitrogen and oxygen atoms in total. The molecule has 0 aliphatic heterocycles. The minimum atomic E-state index is -0.788. The number of thiocarbonyl (C=S) groups is 1. The summed E-state index contributed by atoms with van der Waals surface area (Å²) < 4.78 is 0. The predicted octanol–water partition coefficient (Wildman–Crippen LogP) is 6.23. The average Bonchev–Trinajstić information content (AvgIpc) is 2.76. The number of anilines is 2. The number of allylic oxidation sites excluding steroid dienone is 1. The molecule has 1 heterocycles. The molecule has 0 radical (unpaired) electrons. The van der Waals surface area contributed by atoms with Crippen molar-refractivity contribution in [2.45, 2.75) is 19.3 Å². The molecular formula is C24H22ClN3O2S. The van der Waals surface area contributed by atoms with Gasteiger partial charge in [0.15, 0.2) is 5.11 Å². The minimum Gasteiger partial charge on any atom is -0.481 e. The average molecular weight is 452 g/mol. The topological polar surface area (TPSA) is 74.2 Å². The molecule has 0 fully saturated rings. The molecule has 3 aromatic rings. The van der Waals surface area contributed by atoms with E-state index in [1.807, 2.05) is 48.5 Å². The molecule has 31 heavy (non-hydrogen) atoms. The highest BCUT2D eigenvalue weighted by atomic mass is 35.5. The van der Waals surface area contributed by atoms with Gasteiger partial charge in [-0.25, -0.2) is 0 Å². The number of halogens is 1. The summed E-state index contributed by atoms with van der Waals surface area (Å²) in [5.74, 6) is -0.788. The van der Waals surface area contributed by atoms with E-state index in [9.17, 15) is 4.79 Å². The number of rotatable bonds is 8. The van der Waals surface area contributed by atoms with Gasteiger partial charge in [0.1, 0.15) is 0 Å². The summed E-state index contributed by atoms with van der Waals surface area (Å²) in [5, 5.41) is 16.3. The Kier molecular flexibility index (Phi) is 8.15. The van der Waals surface area contributed by atoms with Crippen LogP contribution in [0.25, 0.3) is 5.57 Å². The maximum atomic E-state index is 10.8. The van der Waals surface area contributed by atoms with Gasteiger partial charge in [0, 0.05) is 40.8 Å². The van der Waals surface area contributed by atoms with Gasteiger partial charge in [0.2, 0.25) is 0 Å². The number of benzene rings is 2. The monoisotopic (exact) mass is 451 g/mol. The lowest BCUT2D eigenvalue weighted by Gasteiger charge is -2.13. The van der Waals surface area contributed by atoms with Crippen LogP contribution < -0.4 is 10.6 Å². The van der Waals surface area contributed by atoms with Gasteiger partial charge in [0.05, 0.1) is 0 Å². The third kappa shape index (κ3) is 7.20. The number of hydrogen-bond acceptors (Lipinski definition) is 3. The first kappa shape index (κ1) is 22.5. The second-order valence-corrected chi connectivity index (χ2v) is 7.66. The Bertz CT molecular complexity index is 1070. The summed E-state index contributed by atoms with van der Waals surface area (Å²) in [6, 6.07) is 19.1. The number of carboxylic acid groups (broad SMARTS) is 1. The highest BCUT2D eigenvalue weighted by Crippen LogP contribution is 2.26. The standard InChI is InChI=1S/C24H22ClN3O2S/c25-19-10-12-20(13-11-19)27-24(31)28-21-7-3-5-17(15-21)22(8-1-2-9-23(29)30)18-6-4-14-26-16-18/h3-8,10-16H,1-2,9H2,(H,29,30)(H2,27,28,31).